The fourth-order valence-electron chi connectivity index (χ4n) is 3.61. The zero-order chi connectivity index (χ0) is 17.2. The van der Waals surface area contributed by atoms with Crippen molar-refractivity contribution < 1.29 is 4.79 Å². The summed E-state index contributed by atoms with van der Waals surface area (Å²) in [7, 11) is 0. The number of Topliss-reactive ketones (excluding diaryl/α,β-unsaturated/α-hetero) is 1. The standard InChI is InChI=1S/C19H19ClN4O/c20-18-5-6-19(23-22-18)24-9-7-13(8-10-24)11-16-14-3-1-2-4-15(14)17(25)12-21-16/h1-6,13H,7-12H2. The van der Waals surface area contributed by atoms with Crippen LogP contribution in [0.25, 0.3) is 0 Å². The van der Waals surface area contributed by atoms with Crippen LogP contribution in [0.5, 0.6) is 0 Å². The molecule has 3 heterocycles. The van der Waals surface area contributed by atoms with Gasteiger partial charge in [-0.25, -0.2) is 0 Å². The van der Waals surface area contributed by atoms with Crippen LogP contribution in [0.15, 0.2) is 41.4 Å². The molecule has 2 aliphatic heterocycles. The molecule has 0 radical (unpaired) electrons. The summed E-state index contributed by atoms with van der Waals surface area (Å²) in [5.74, 6) is 1.58. The first kappa shape index (κ1) is 16.2. The first-order chi connectivity index (χ1) is 12.2. The smallest absolute Gasteiger partial charge is 0.184 e. The minimum Gasteiger partial charge on any atom is -0.355 e. The van der Waals surface area contributed by atoms with Crippen LogP contribution in [0.1, 0.15) is 35.2 Å². The van der Waals surface area contributed by atoms with Crippen molar-refractivity contribution in [2.24, 2.45) is 10.9 Å². The van der Waals surface area contributed by atoms with Gasteiger partial charge < -0.3 is 4.90 Å². The molecule has 0 saturated carbocycles. The monoisotopic (exact) mass is 354 g/mol. The van der Waals surface area contributed by atoms with E-state index in [9.17, 15) is 4.79 Å². The topological polar surface area (TPSA) is 58.5 Å². The third-order valence-electron chi connectivity index (χ3n) is 4.99. The summed E-state index contributed by atoms with van der Waals surface area (Å²) in [6.45, 7) is 2.19. The number of aromatic nitrogens is 2. The molecule has 0 amide bonds. The lowest BCUT2D eigenvalue weighted by molar-refractivity contribution is 0.1000. The molecule has 0 N–H and O–H groups in total. The van der Waals surface area contributed by atoms with Crippen LogP contribution in [-0.2, 0) is 0 Å². The third-order valence-corrected chi connectivity index (χ3v) is 5.19. The van der Waals surface area contributed by atoms with Crippen molar-refractivity contribution >= 4 is 28.9 Å². The highest BCUT2D eigenvalue weighted by atomic mass is 35.5. The summed E-state index contributed by atoms with van der Waals surface area (Å²) in [6.07, 6.45) is 3.10. The lowest BCUT2D eigenvalue weighted by Crippen LogP contribution is -2.35. The summed E-state index contributed by atoms with van der Waals surface area (Å²) >= 11 is 5.80. The second-order valence-corrected chi connectivity index (χ2v) is 6.97. The van der Waals surface area contributed by atoms with Gasteiger partial charge in [-0.1, -0.05) is 35.9 Å². The maximum atomic E-state index is 12.0. The largest absolute Gasteiger partial charge is 0.355 e. The van der Waals surface area contributed by atoms with Gasteiger partial charge in [-0.05, 0) is 37.3 Å². The number of carbonyl (C=O) groups is 1. The number of rotatable bonds is 3. The lowest BCUT2D eigenvalue weighted by Gasteiger charge is -2.33. The summed E-state index contributed by atoms with van der Waals surface area (Å²) in [4.78, 5) is 18.8. The molecule has 2 aromatic rings. The second kappa shape index (κ2) is 6.92. The van der Waals surface area contributed by atoms with Gasteiger partial charge >= 0.3 is 0 Å². The highest BCUT2D eigenvalue weighted by Gasteiger charge is 2.25. The Labute approximate surface area is 151 Å². The Morgan fingerprint density at radius 2 is 1.80 bits per heavy atom. The Hall–Kier alpha value is -2.27. The summed E-state index contributed by atoms with van der Waals surface area (Å²) in [6, 6.07) is 11.5. The summed E-state index contributed by atoms with van der Waals surface area (Å²) in [5.41, 5.74) is 2.92. The van der Waals surface area contributed by atoms with Crippen molar-refractivity contribution in [2.75, 3.05) is 24.5 Å². The molecule has 0 spiro atoms. The van der Waals surface area contributed by atoms with E-state index < -0.39 is 0 Å². The van der Waals surface area contributed by atoms with Gasteiger partial charge in [0.05, 0.1) is 0 Å². The van der Waals surface area contributed by atoms with E-state index in [-0.39, 0.29) is 12.3 Å². The molecule has 0 bridgehead atoms. The number of piperidine rings is 1. The van der Waals surface area contributed by atoms with Crippen molar-refractivity contribution in [3.05, 3.63) is 52.7 Å². The number of nitrogens with zero attached hydrogens (tertiary/aromatic N) is 4. The number of benzene rings is 1. The fourth-order valence-corrected chi connectivity index (χ4v) is 3.71. The normalized spacial score (nSPS) is 18.0. The maximum absolute atomic E-state index is 12.0. The number of ketones is 1. The Morgan fingerprint density at radius 3 is 2.52 bits per heavy atom. The Balaban J connectivity index is 1.41. The Kier molecular flexibility index (Phi) is 4.49. The molecule has 6 heteroatoms. The molecule has 2 aliphatic rings. The van der Waals surface area contributed by atoms with Crippen molar-refractivity contribution in [3.8, 4) is 0 Å². The van der Waals surface area contributed by atoms with Gasteiger partial charge in [0.15, 0.2) is 16.8 Å². The second-order valence-electron chi connectivity index (χ2n) is 6.58. The van der Waals surface area contributed by atoms with E-state index in [1.807, 2.05) is 30.3 Å². The number of aliphatic imine (C=N–C) groups is 1. The van der Waals surface area contributed by atoms with Gasteiger partial charge in [-0.3, -0.25) is 9.79 Å². The van der Waals surface area contributed by atoms with Gasteiger partial charge in [0.25, 0.3) is 0 Å². The van der Waals surface area contributed by atoms with Gasteiger partial charge in [0, 0.05) is 29.9 Å². The molecule has 4 rings (SSSR count). The van der Waals surface area contributed by atoms with Gasteiger partial charge in [0.2, 0.25) is 0 Å². The fraction of sp³-hybridized carbons (Fsp3) is 0.368. The van der Waals surface area contributed by atoms with Crippen LogP contribution < -0.4 is 4.90 Å². The number of anilines is 1. The minimum absolute atomic E-state index is 0.121. The number of carbonyl (C=O) groups excluding carboxylic acids is 1. The van der Waals surface area contributed by atoms with E-state index in [1.54, 1.807) is 6.07 Å². The zero-order valence-electron chi connectivity index (χ0n) is 13.9. The summed E-state index contributed by atoms with van der Waals surface area (Å²) in [5, 5.41) is 8.50. The summed E-state index contributed by atoms with van der Waals surface area (Å²) < 4.78 is 0. The van der Waals surface area contributed by atoms with Gasteiger partial charge in [0.1, 0.15) is 6.54 Å². The van der Waals surface area contributed by atoms with Gasteiger partial charge in [-0.2, -0.15) is 0 Å². The molecule has 25 heavy (non-hydrogen) atoms. The lowest BCUT2D eigenvalue weighted by atomic mass is 9.86. The van der Waals surface area contributed by atoms with E-state index in [2.05, 4.69) is 20.1 Å². The molecular formula is C19H19ClN4O. The Bertz CT molecular complexity index is 810. The zero-order valence-corrected chi connectivity index (χ0v) is 14.6. The highest BCUT2D eigenvalue weighted by Crippen LogP contribution is 2.27. The number of fused-ring (bicyclic) bond motifs is 1. The molecule has 1 fully saturated rings. The van der Waals surface area contributed by atoms with Gasteiger partial charge in [-0.15, -0.1) is 10.2 Å². The van der Waals surface area contributed by atoms with E-state index in [0.717, 1.165) is 55.0 Å². The molecule has 1 saturated heterocycles. The average Bonchev–Trinajstić information content (AvgIpc) is 2.66. The van der Waals surface area contributed by atoms with Crippen LogP contribution in [-0.4, -0.2) is 41.3 Å². The predicted octanol–water partition coefficient (Wildman–Crippen LogP) is 3.42. The van der Waals surface area contributed by atoms with E-state index in [4.69, 9.17) is 11.6 Å². The van der Waals surface area contributed by atoms with Crippen LogP contribution in [0.3, 0.4) is 0 Å². The molecule has 5 nitrogen and oxygen atoms in total. The highest BCUT2D eigenvalue weighted by molar-refractivity contribution is 6.29. The van der Waals surface area contributed by atoms with Crippen LogP contribution in [0.4, 0.5) is 5.82 Å². The average molecular weight is 355 g/mol. The van der Waals surface area contributed by atoms with Crippen molar-refractivity contribution in [2.45, 2.75) is 19.3 Å². The van der Waals surface area contributed by atoms with E-state index in [1.165, 1.54) is 0 Å². The minimum atomic E-state index is 0.121. The molecule has 1 aromatic carbocycles. The van der Waals surface area contributed by atoms with Crippen molar-refractivity contribution in [1.29, 1.82) is 0 Å². The third kappa shape index (κ3) is 3.42. The molecule has 0 unspecified atom stereocenters. The van der Waals surface area contributed by atoms with E-state index >= 15 is 0 Å². The van der Waals surface area contributed by atoms with Crippen LogP contribution in [0.2, 0.25) is 5.15 Å². The van der Waals surface area contributed by atoms with Crippen LogP contribution >= 0.6 is 11.6 Å². The first-order valence-corrected chi connectivity index (χ1v) is 8.98. The quantitative estimate of drug-likeness (QED) is 0.847. The van der Waals surface area contributed by atoms with Crippen LogP contribution in [0, 0.1) is 5.92 Å². The molecular weight excluding hydrogens is 336 g/mol. The molecule has 1 aromatic heterocycles. The molecule has 0 aliphatic carbocycles. The first-order valence-electron chi connectivity index (χ1n) is 8.61. The number of hydrogen-bond acceptors (Lipinski definition) is 5. The van der Waals surface area contributed by atoms with Crippen molar-refractivity contribution in [3.63, 3.8) is 0 Å². The van der Waals surface area contributed by atoms with E-state index in [0.29, 0.717) is 11.1 Å². The maximum Gasteiger partial charge on any atom is 0.184 e. The SMILES string of the molecule is O=C1CN=C(CC2CCN(c3ccc(Cl)nn3)CC2)c2ccccc21. The number of hydrogen-bond donors (Lipinski definition) is 0. The number of halogens is 1. The molecule has 128 valence electrons. The van der Waals surface area contributed by atoms with Crippen molar-refractivity contribution in [1.82, 2.24) is 10.2 Å². The predicted molar refractivity (Wildman–Crippen MR) is 98.8 cm³/mol. The Morgan fingerprint density at radius 1 is 1.04 bits per heavy atom. The molecule has 0 atom stereocenters.